The fourth-order valence-electron chi connectivity index (χ4n) is 11.1. The van der Waals surface area contributed by atoms with Crippen molar-refractivity contribution in [2.75, 3.05) is 0 Å². The van der Waals surface area contributed by atoms with Crippen molar-refractivity contribution in [3.8, 4) is 74.0 Å². The number of rotatable bonds is 13. The van der Waals surface area contributed by atoms with E-state index in [1.807, 2.05) is 152 Å². The highest BCUT2D eigenvalue weighted by Crippen LogP contribution is 2.42. The molecule has 0 radical (unpaired) electrons. The first-order valence-corrected chi connectivity index (χ1v) is 31.0. The minimum atomic E-state index is -0.488. The second kappa shape index (κ2) is 24.3. The molecule has 0 saturated carbocycles. The van der Waals surface area contributed by atoms with Gasteiger partial charge in [0, 0.05) is 44.2 Å². The van der Waals surface area contributed by atoms with Gasteiger partial charge in [0.15, 0.2) is 34.9 Å². The van der Waals surface area contributed by atoms with E-state index in [0.717, 1.165) is 44.4 Å². The monoisotopic (exact) mass is 1200 g/mol. The van der Waals surface area contributed by atoms with Crippen LogP contribution >= 0.6 is 0 Å². The highest BCUT2D eigenvalue weighted by Gasteiger charge is 2.28. The fraction of sp³-hybridized carbons (Fsp3) is 0.225. The summed E-state index contributed by atoms with van der Waals surface area (Å²) >= 11 is 0. The number of ether oxygens (including phenoxy) is 2. The quantitative estimate of drug-likeness (QED) is 0.103. The van der Waals surface area contributed by atoms with Crippen LogP contribution in [0.4, 0.5) is 0 Å². The summed E-state index contributed by atoms with van der Waals surface area (Å²) in [6.45, 7) is 27.1. The summed E-state index contributed by atoms with van der Waals surface area (Å²) in [6, 6.07) is 69.8. The zero-order valence-corrected chi connectivity index (χ0v) is 53.9. The van der Waals surface area contributed by atoms with E-state index in [4.69, 9.17) is 39.4 Å². The number of hydrogen-bond acceptors (Lipinski definition) is 10. The Morgan fingerprint density at radius 2 is 0.659 bits per heavy atom. The molecule has 3 heterocycles. The van der Waals surface area contributed by atoms with E-state index >= 15 is 0 Å². The predicted molar refractivity (Wildman–Crippen MR) is 366 cm³/mol. The van der Waals surface area contributed by atoms with Gasteiger partial charge in [-0.25, -0.2) is 39.5 Å². The van der Waals surface area contributed by atoms with Crippen molar-refractivity contribution in [3.05, 3.63) is 257 Å². The second-order valence-electron chi connectivity index (χ2n) is 27.6. The van der Waals surface area contributed by atoms with E-state index in [0.29, 0.717) is 73.7 Å². The first-order valence-electron chi connectivity index (χ1n) is 31.0. The van der Waals surface area contributed by atoms with Crippen LogP contribution in [0.15, 0.2) is 212 Å². The largest absolute Gasteiger partial charge is 0.457 e. The van der Waals surface area contributed by atoms with Gasteiger partial charge in [-0.2, -0.15) is 0 Å². The molecule has 0 aliphatic carbocycles. The van der Waals surface area contributed by atoms with Gasteiger partial charge in [0.1, 0.15) is 13.2 Å². The Hall–Kier alpha value is -10.3. The van der Waals surface area contributed by atoms with Crippen molar-refractivity contribution in [1.82, 2.24) is 34.5 Å². The molecule has 11 heteroatoms. The van der Waals surface area contributed by atoms with Crippen LogP contribution in [-0.4, -0.2) is 46.4 Å². The van der Waals surface area contributed by atoms with Crippen LogP contribution in [0.3, 0.4) is 0 Å². The van der Waals surface area contributed by atoms with Crippen molar-refractivity contribution in [2.45, 2.75) is 118 Å². The first-order chi connectivity index (χ1) is 43.4. The number of carbonyl (C=O) groups is 2. The van der Waals surface area contributed by atoms with Gasteiger partial charge in [-0.15, -0.1) is 0 Å². The van der Waals surface area contributed by atoms with Crippen molar-refractivity contribution in [3.63, 3.8) is 0 Å². The van der Waals surface area contributed by atoms with Crippen molar-refractivity contribution < 1.29 is 19.1 Å². The van der Waals surface area contributed by atoms with Gasteiger partial charge in [0.05, 0.1) is 27.8 Å². The molecule has 11 nitrogen and oxygen atoms in total. The summed E-state index contributed by atoms with van der Waals surface area (Å²) in [6.07, 6.45) is 0. The highest BCUT2D eigenvalue weighted by molar-refractivity contribution is 6.13. The lowest BCUT2D eigenvalue weighted by atomic mass is 9.79. The number of aromatic nitrogens is 7. The molecule has 9 aromatic carbocycles. The lowest BCUT2D eigenvalue weighted by Crippen LogP contribution is -2.17. The summed E-state index contributed by atoms with van der Waals surface area (Å²) in [5, 5.41) is 1.40. The molecule has 12 aromatic rings. The molecule has 0 atom stereocenters. The molecule has 0 spiro atoms. The van der Waals surface area contributed by atoms with Crippen LogP contribution in [0.1, 0.15) is 137 Å². The smallest absolute Gasteiger partial charge is 0.338 e. The molecule has 0 saturated heterocycles. The first kappa shape index (κ1) is 61.0. The Bertz CT molecular complexity index is 4380. The number of carbonyl (C=O) groups excluding carboxylic acids is 2. The maximum Gasteiger partial charge on any atom is 0.338 e. The summed E-state index contributed by atoms with van der Waals surface area (Å²) in [5.74, 6) is 1.89. The van der Waals surface area contributed by atoms with Gasteiger partial charge in [-0.3, -0.25) is 0 Å². The van der Waals surface area contributed by atoms with Crippen molar-refractivity contribution in [2.24, 2.45) is 0 Å². The third kappa shape index (κ3) is 13.2. The molecule has 3 aromatic heterocycles. The van der Waals surface area contributed by atoms with E-state index in [1.165, 1.54) is 22.3 Å². The van der Waals surface area contributed by atoms with Gasteiger partial charge < -0.3 is 14.0 Å². The Kier molecular flexibility index (Phi) is 16.3. The molecule has 0 bridgehead atoms. The minimum Gasteiger partial charge on any atom is -0.457 e. The number of nitrogens with zero attached hydrogens (tertiary/aromatic N) is 7. The van der Waals surface area contributed by atoms with Gasteiger partial charge in [0.2, 0.25) is 0 Å². The maximum atomic E-state index is 14.1. The second-order valence-corrected chi connectivity index (χ2v) is 27.6. The van der Waals surface area contributed by atoms with Crippen LogP contribution in [0.25, 0.3) is 95.8 Å². The fourth-order valence-corrected chi connectivity index (χ4v) is 11.1. The average molecular weight is 1200 g/mol. The average Bonchev–Trinajstić information content (AvgIpc) is 1.64. The lowest BCUT2D eigenvalue weighted by molar-refractivity contribution is 0.0464. The normalized spacial score (nSPS) is 12.1. The van der Waals surface area contributed by atoms with Crippen LogP contribution in [0.2, 0.25) is 0 Å². The minimum absolute atomic E-state index is 0.0984. The van der Waals surface area contributed by atoms with Crippen LogP contribution in [0.5, 0.6) is 0 Å². The Labute approximate surface area is 533 Å². The van der Waals surface area contributed by atoms with Crippen LogP contribution in [0, 0.1) is 0 Å². The molecule has 0 fully saturated rings. The van der Waals surface area contributed by atoms with Gasteiger partial charge in [0.25, 0.3) is 0 Å². The third-order valence-electron chi connectivity index (χ3n) is 16.6. The number of hydrogen-bond donors (Lipinski definition) is 0. The SMILES string of the molecule is CC(C)(C)c1cc(-c2nc(-c3cc(C(C)(C)C)cc(C(C)(C)C)c3)nc(-c3ccc(-n4c5ccc(C(=O)OCc6ccccc6)cc5c5cc(C(=O)OCc6ccccc6)ccc54)c(-c4nc(-c5ccccc5)nc(-c5ccccc5)n4)c3)n2)cc(C(C)(C)C)c1. The van der Waals surface area contributed by atoms with E-state index in [1.54, 1.807) is 12.1 Å². The molecule has 0 aliphatic rings. The zero-order chi connectivity index (χ0) is 64.0. The van der Waals surface area contributed by atoms with Gasteiger partial charge in [-0.1, -0.05) is 217 Å². The Morgan fingerprint density at radius 1 is 0.330 bits per heavy atom. The predicted octanol–water partition coefficient (Wildman–Crippen LogP) is 19.1. The van der Waals surface area contributed by atoms with Crippen LogP contribution in [-0.2, 0) is 44.3 Å². The Morgan fingerprint density at radius 3 is 1.02 bits per heavy atom. The summed E-state index contributed by atoms with van der Waals surface area (Å²) < 4.78 is 14.0. The molecule has 12 rings (SSSR count). The van der Waals surface area contributed by atoms with Crippen LogP contribution < -0.4 is 0 Å². The van der Waals surface area contributed by atoms with Crippen molar-refractivity contribution in [1.29, 1.82) is 0 Å². The highest BCUT2D eigenvalue weighted by atomic mass is 16.5. The topological polar surface area (TPSA) is 135 Å². The number of esters is 2. The molecule has 91 heavy (non-hydrogen) atoms. The molecule has 0 amide bonds. The van der Waals surface area contributed by atoms with Gasteiger partial charge in [-0.05, 0) is 134 Å². The zero-order valence-electron chi connectivity index (χ0n) is 53.9. The molecular weight excluding hydrogens is 1120 g/mol. The number of fused-ring (bicyclic) bond motifs is 3. The third-order valence-corrected chi connectivity index (χ3v) is 16.6. The Balaban J connectivity index is 1.13. The summed E-state index contributed by atoms with van der Waals surface area (Å²) in [5.41, 5.74) is 13.3. The molecule has 454 valence electrons. The molecular formula is C80H75N7O4. The van der Waals surface area contributed by atoms with E-state index in [-0.39, 0.29) is 34.9 Å². The summed E-state index contributed by atoms with van der Waals surface area (Å²) in [4.78, 5) is 60.6. The van der Waals surface area contributed by atoms with Crippen molar-refractivity contribution >= 4 is 33.7 Å². The maximum absolute atomic E-state index is 14.1. The van der Waals surface area contributed by atoms with E-state index in [2.05, 4.69) is 136 Å². The standard InChI is InChI=1S/C80H75N7O4/c1-77(2,3)59-39-57(40-60(46-59)78(4,5)6)72-82-71(83-73(84-72)58-41-61(79(7,8)9)47-62(42-58)80(10,11)12)54-33-36-68(65(43-54)74-85-69(52-29-21-15-22-30-52)81-70(86-74)53-31-23-16-24-32-53)87-66-37-34-55(75(88)90-48-50-25-17-13-18-26-50)44-63(66)64-45-56(35-38-67(64)87)76(89)91-49-51-27-19-14-20-28-51/h13-47H,48-49H2,1-12H3. The molecule has 0 aliphatic heterocycles. The lowest BCUT2D eigenvalue weighted by Gasteiger charge is -2.26. The molecule has 0 unspecified atom stereocenters. The van der Waals surface area contributed by atoms with Gasteiger partial charge >= 0.3 is 11.9 Å². The molecule has 0 N–H and O–H groups in total. The van der Waals surface area contributed by atoms with E-state index < -0.39 is 11.9 Å². The number of benzene rings is 9. The van der Waals surface area contributed by atoms with E-state index in [9.17, 15) is 9.59 Å². The summed E-state index contributed by atoms with van der Waals surface area (Å²) in [7, 11) is 0.